The van der Waals surface area contributed by atoms with E-state index in [1.54, 1.807) is 17.0 Å². The van der Waals surface area contributed by atoms with Crippen LogP contribution in [0.15, 0.2) is 29.2 Å². The summed E-state index contributed by atoms with van der Waals surface area (Å²) in [7, 11) is -3.48. The number of amides is 1. The molecule has 1 aromatic carbocycles. The van der Waals surface area contributed by atoms with Gasteiger partial charge in [0.25, 0.3) is 5.91 Å². The van der Waals surface area contributed by atoms with E-state index < -0.39 is 16.0 Å². The predicted molar refractivity (Wildman–Crippen MR) is 102 cm³/mol. The monoisotopic (exact) mass is 396 g/mol. The smallest absolute Gasteiger partial charge is 0.310 e. The molecule has 27 heavy (non-hydrogen) atoms. The maximum Gasteiger partial charge on any atom is 0.310 e. The first-order valence-corrected chi connectivity index (χ1v) is 10.8. The average molecular weight is 397 g/mol. The minimum Gasteiger partial charge on any atom is -0.455 e. The van der Waals surface area contributed by atoms with Gasteiger partial charge in [0.2, 0.25) is 10.0 Å². The minimum absolute atomic E-state index is 0.00439. The zero-order chi connectivity index (χ0) is 19.9. The van der Waals surface area contributed by atoms with E-state index in [1.165, 1.54) is 16.4 Å². The van der Waals surface area contributed by atoms with Crippen molar-refractivity contribution < 1.29 is 22.7 Å². The molecule has 1 aromatic rings. The molecule has 7 nitrogen and oxygen atoms in total. The van der Waals surface area contributed by atoms with Gasteiger partial charge in [0.1, 0.15) is 0 Å². The van der Waals surface area contributed by atoms with Crippen LogP contribution in [0.25, 0.3) is 0 Å². The van der Waals surface area contributed by atoms with Gasteiger partial charge in [0, 0.05) is 26.2 Å². The highest BCUT2D eigenvalue weighted by molar-refractivity contribution is 7.89. The van der Waals surface area contributed by atoms with Crippen LogP contribution in [0.3, 0.4) is 0 Å². The average Bonchev–Trinajstić information content (AvgIpc) is 2.68. The van der Waals surface area contributed by atoms with Crippen LogP contribution in [0.2, 0.25) is 0 Å². The van der Waals surface area contributed by atoms with Crippen molar-refractivity contribution in [1.29, 1.82) is 0 Å². The number of piperidine rings is 1. The van der Waals surface area contributed by atoms with Gasteiger partial charge in [-0.1, -0.05) is 18.6 Å². The fourth-order valence-corrected chi connectivity index (χ4v) is 4.58. The van der Waals surface area contributed by atoms with Gasteiger partial charge in [0.05, 0.1) is 11.3 Å². The first-order valence-electron chi connectivity index (χ1n) is 9.41. The topological polar surface area (TPSA) is 84.0 Å². The third kappa shape index (κ3) is 5.77. The normalized spacial score (nSPS) is 15.3. The molecule has 0 aromatic heterocycles. The highest BCUT2D eigenvalue weighted by Gasteiger charge is 2.25. The lowest BCUT2D eigenvalue weighted by Gasteiger charge is -2.25. The summed E-state index contributed by atoms with van der Waals surface area (Å²) in [4.78, 5) is 25.6. The maximum absolute atomic E-state index is 12.6. The number of esters is 1. The molecule has 150 valence electrons. The maximum atomic E-state index is 12.6. The van der Waals surface area contributed by atoms with Crippen LogP contribution in [0.4, 0.5) is 0 Å². The highest BCUT2D eigenvalue weighted by atomic mass is 32.2. The second-order valence-electron chi connectivity index (χ2n) is 6.51. The van der Waals surface area contributed by atoms with Crippen molar-refractivity contribution in [3.8, 4) is 0 Å². The molecule has 2 rings (SSSR count). The Bertz CT molecular complexity index is 736. The summed E-state index contributed by atoms with van der Waals surface area (Å²) >= 11 is 0. The van der Waals surface area contributed by atoms with Crippen LogP contribution in [-0.4, -0.2) is 62.3 Å². The Hall–Kier alpha value is -1.93. The Balaban J connectivity index is 1.91. The standard InChI is InChI=1S/C19H28N2O5S/c1-3-20(4-2)18(22)15-26-19(23)14-16-8-10-17(11-9-16)27(24,25)21-12-6-5-7-13-21/h8-11H,3-7,12-15H2,1-2H3. The van der Waals surface area contributed by atoms with E-state index in [1.807, 2.05) is 13.8 Å². The number of likely N-dealkylation sites (N-methyl/N-ethyl adjacent to an activating group) is 1. The molecular weight excluding hydrogens is 368 g/mol. The van der Waals surface area contributed by atoms with Crippen LogP contribution in [0.5, 0.6) is 0 Å². The summed E-state index contributed by atoms with van der Waals surface area (Å²) in [6.07, 6.45) is 2.82. The summed E-state index contributed by atoms with van der Waals surface area (Å²) < 4.78 is 31.8. The Morgan fingerprint density at radius 2 is 1.63 bits per heavy atom. The molecule has 0 saturated carbocycles. The van der Waals surface area contributed by atoms with Gasteiger partial charge in [-0.15, -0.1) is 0 Å². The van der Waals surface area contributed by atoms with E-state index in [2.05, 4.69) is 0 Å². The largest absolute Gasteiger partial charge is 0.455 e. The lowest BCUT2D eigenvalue weighted by molar-refractivity contribution is -0.151. The number of hydrogen-bond donors (Lipinski definition) is 0. The van der Waals surface area contributed by atoms with Crippen molar-refractivity contribution in [3.05, 3.63) is 29.8 Å². The first kappa shape index (κ1) is 21.4. The SMILES string of the molecule is CCN(CC)C(=O)COC(=O)Cc1ccc(S(=O)(=O)N2CCCCC2)cc1. The summed E-state index contributed by atoms with van der Waals surface area (Å²) in [5, 5.41) is 0. The van der Waals surface area contributed by atoms with Crippen molar-refractivity contribution in [2.45, 2.75) is 44.4 Å². The number of benzene rings is 1. The van der Waals surface area contributed by atoms with E-state index in [9.17, 15) is 18.0 Å². The molecule has 1 heterocycles. The summed E-state index contributed by atoms with van der Waals surface area (Å²) in [5.41, 5.74) is 0.646. The Kier molecular flexibility index (Phi) is 7.79. The van der Waals surface area contributed by atoms with Gasteiger partial charge < -0.3 is 9.64 Å². The van der Waals surface area contributed by atoms with Gasteiger partial charge in [-0.2, -0.15) is 4.31 Å². The van der Waals surface area contributed by atoms with E-state index in [0.717, 1.165) is 19.3 Å². The lowest BCUT2D eigenvalue weighted by atomic mass is 10.1. The van der Waals surface area contributed by atoms with Crippen LogP contribution < -0.4 is 0 Å². The second kappa shape index (κ2) is 9.85. The van der Waals surface area contributed by atoms with Crippen molar-refractivity contribution in [3.63, 3.8) is 0 Å². The number of hydrogen-bond acceptors (Lipinski definition) is 5. The fraction of sp³-hybridized carbons (Fsp3) is 0.579. The third-order valence-corrected chi connectivity index (χ3v) is 6.61. The molecule has 1 saturated heterocycles. The molecule has 0 atom stereocenters. The molecule has 1 aliphatic rings. The van der Waals surface area contributed by atoms with E-state index in [-0.39, 0.29) is 23.8 Å². The molecule has 8 heteroatoms. The summed E-state index contributed by atoms with van der Waals surface area (Å²) in [6.45, 7) is 5.70. The third-order valence-electron chi connectivity index (χ3n) is 4.70. The Labute approximate surface area is 161 Å². The van der Waals surface area contributed by atoms with Crippen molar-refractivity contribution in [1.82, 2.24) is 9.21 Å². The molecule has 0 spiro atoms. The number of ether oxygens (including phenoxy) is 1. The quantitative estimate of drug-likeness (QED) is 0.626. The zero-order valence-electron chi connectivity index (χ0n) is 16.0. The highest BCUT2D eigenvalue weighted by Crippen LogP contribution is 2.21. The molecule has 0 radical (unpaired) electrons. The molecule has 1 amide bonds. The number of carbonyl (C=O) groups excluding carboxylic acids is 2. The zero-order valence-corrected chi connectivity index (χ0v) is 16.8. The van der Waals surface area contributed by atoms with E-state index >= 15 is 0 Å². The van der Waals surface area contributed by atoms with Crippen molar-refractivity contribution in [2.75, 3.05) is 32.8 Å². The van der Waals surface area contributed by atoms with Gasteiger partial charge in [-0.25, -0.2) is 8.42 Å². The number of carbonyl (C=O) groups is 2. The van der Waals surface area contributed by atoms with Gasteiger partial charge in [-0.3, -0.25) is 9.59 Å². The van der Waals surface area contributed by atoms with Gasteiger partial charge in [-0.05, 0) is 44.4 Å². The van der Waals surface area contributed by atoms with E-state index in [4.69, 9.17) is 4.74 Å². The van der Waals surface area contributed by atoms with Crippen LogP contribution in [0.1, 0.15) is 38.7 Å². The van der Waals surface area contributed by atoms with E-state index in [0.29, 0.717) is 31.7 Å². The number of sulfonamides is 1. The van der Waals surface area contributed by atoms with Gasteiger partial charge in [0.15, 0.2) is 6.61 Å². The van der Waals surface area contributed by atoms with Crippen LogP contribution in [-0.2, 0) is 30.8 Å². The summed E-state index contributed by atoms with van der Waals surface area (Å²) in [6, 6.07) is 6.27. The summed E-state index contributed by atoms with van der Waals surface area (Å²) in [5.74, 6) is -0.738. The second-order valence-corrected chi connectivity index (χ2v) is 8.45. The molecule has 1 aliphatic heterocycles. The molecule has 1 fully saturated rings. The molecule has 0 N–H and O–H groups in total. The van der Waals surface area contributed by atoms with Crippen LogP contribution >= 0.6 is 0 Å². The number of rotatable bonds is 8. The predicted octanol–water partition coefficient (Wildman–Crippen LogP) is 1.82. The lowest BCUT2D eigenvalue weighted by Crippen LogP contribution is -2.35. The van der Waals surface area contributed by atoms with Crippen LogP contribution in [0, 0.1) is 0 Å². The van der Waals surface area contributed by atoms with Gasteiger partial charge >= 0.3 is 5.97 Å². The van der Waals surface area contributed by atoms with Crippen molar-refractivity contribution >= 4 is 21.9 Å². The van der Waals surface area contributed by atoms with Crippen molar-refractivity contribution in [2.24, 2.45) is 0 Å². The minimum atomic E-state index is -3.48. The molecular formula is C19H28N2O5S. The first-order chi connectivity index (χ1) is 12.9. The fourth-order valence-electron chi connectivity index (χ4n) is 3.06. The Morgan fingerprint density at radius 3 is 2.19 bits per heavy atom. The molecule has 0 bridgehead atoms. The number of nitrogens with zero attached hydrogens (tertiary/aromatic N) is 2. The molecule has 0 unspecified atom stereocenters. The molecule has 0 aliphatic carbocycles. The Morgan fingerprint density at radius 1 is 1.04 bits per heavy atom.